The second-order valence-electron chi connectivity index (χ2n) is 9.55. The second-order valence-corrected chi connectivity index (χ2v) is 9.95. The highest BCUT2D eigenvalue weighted by atomic mass is 35.5. The van der Waals surface area contributed by atoms with Crippen molar-refractivity contribution < 1.29 is 23.4 Å². The summed E-state index contributed by atoms with van der Waals surface area (Å²) < 4.78 is 32.1. The molecule has 1 aliphatic heterocycles. The van der Waals surface area contributed by atoms with Crippen LogP contribution in [0.4, 0.5) is 8.78 Å². The number of hydrogen-bond donors (Lipinski definition) is 1. The zero-order valence-corrected chi connectivity index (χ0v) is 19.0. The summed E-state index contributed by atoms with van der Waals surface area (Å²) in [4.78, 5) is 16.5. The van der Waals surface area contributed by atoms with Crippen molar-refractivity contribution in [2.45, 2.75) is 52.4 Å². The van der Waals surface area contributed by atoms with Crippen molar-refractivity contribution in [1.29, 1.82) is 0 Å². The second kappa shape index (κ2) is 7.75. The van der Waals surface area contributed by atoms with Gasteiger partial charge in [-0.2, -0.15) is 0 Å². The largest absolute Gasteiger partial charge is 0.507 e. The number of phenolic OH excluding ortho intramolecular Hbond substituents is 1. The fraction of sp³-hybridized carbons (Fsp3) is 0.333. The third-order valence-electron chi connectivity index (χ3n) is 4.91. The van der Waals surface area contributed by atoms with Crippen LogP contribution in [0.15, 0.2) is 35.0 Å². The van der Waals surface area contributed by atoms with Gasteiger partial charge in [-0.1, -0.05) is 53.1 Å². The van der Waals surface area contributed by atoms with Crippen LogP contribution < -0.4 is 0 Å². The molecule has 0 aromatic heterocycles. The van der Waals surface area contributed by atoms with Crippen molar-refractivity contribution >= 4 is 29.5 Å². The first-order valence-corrected chi connectivity index (χ1v) is 10.1. The maximum Gasteiger partial charge on any atom is 0.363 e. The maximum absolute atomic E-state index is 13.6. The molecule has 0 fully saturated rings. The monoisotopic (exact) mass is 447 g/mol. The normalized spacial score (nSPS) is 16.0. The van der Waals surface area contributed by atoms with Crippen LogP contribution in [-0.2, 0) is 20.4 Å². The molecular weight excluding hydrogens is 424 g/mol. The van der Waals surface area contributed by atoms with Gasteiger partial charge < -0.3 is 9.84 Å². The number of esters is 1. The lowest BCUT2D eigenvalue weighted by atomic mass is 9.78. The van der Waals surface area contributed by atoms with Gasteiger partial charge in [-0.15, -0.1) is 0 Å². The third-order valence-corrected chi connectivity index (χ3v) is 5.23. The molecule has 0 saturated carbocycles. The minimum Gasteiger partial charge on any atom is -0.507 e. The van der Waals surface area contributed by atoms with Crippen molar-refractivity contribution in [1.82, 2.24) is 0 Å². The van der Waals surface area contributed by atoms with Gasteiger partial charge in [0, 0.05) is 11.1 Å². The smallest absolute Gasteiger partial charge is 0.363 e. The van der Waals surface area contributed by atoms with Crippen molar-refractivity contribution in [3.63, 3.8) is 0 Å². The Bertz CT molecular complexity index is 1100. The number of cyclic esters (lactones) is 1. The molecule has 0 bridgehead atoms. The first-order chi connectivity index (χ1) is 14.2. The molecule has 0 aliphatic carbocycles. The van der Waals surface area contributed by atoms with E-state index in [4.69, 9.17) is 16.3 Å². The topological polar surface area (TPSA) is 58.9 Å². The number of benzene rings is 2. The predicted octanol–water partition coefficient (Wildman–Crippen LogP) is 6.26. The van der Waals surface area contributed by atoms with E-state index in [1.165, 1.54) is 6.08 Å². The average Bonchev–Trinajstić information content (AvgIpc) is 2.97. The quantitative estimate of drug-likeness (QED) is 0.335. The number of aromatic hydroxyl groups is 1. The number of halogens is 3. The number of hydrogen-bond acceptors (Lipinski definition) is 4. The first-order valence-electron chi connectivity index (χ1n) is 9.74. The summed E-state index contributed by atoms with van der Waals surface area (Å²) in [6, 6.07) is 5.23. The zero-order valence-electron chi connectivity index (χ0n) is 18.2. The molecule has 2 aromatic carbocycles. The molecule has 2 aromatic rings. The number of carbonyl (C=O) groups excluding carboxylic acids is 1. The summed E-state index contributed by atoms with van der Waals surface area (Å²) in [5.41, 5.74) is 1.39. The van der Waals surface area contributed by atoms with Crippen LogP contribution in [0.3, 0.4) is 0 Å². The van der Waals surface area contributed by atoms with Gasteiger partial charge >= 0.3 is 5.97 Å². The van der Waals surface area contributed by atoms with Crippen LogP contribution in [0.2, 0.25) is 5.02 Å². The molecule has 7 heteroatoms. The number of carbonyl (C=O) groups is 1. The van der Waals surface area contributed by atoms with E-state index in [9.17, 15) is 18.7 Å². The average molecular weight is 448 g/mol. The van der Waals surface area contributed by atoms with Gasteiger partial charge in [0.2, 0.25) is 5.90 Å². The van der Waals surface area contributed by atoms with E-state index >= 15 is 0 Å². The minimum absolute atomic E-state index is 0.0128. The lowest BCUT2D eigenvalue weighted by Gasteiger charge is -2.27. The highest BCUT2D eigenvalue weighted by Crippen LogP contribution is 2.40. The first kappa shape index (κ1) is 22.9. The Hall–Kier alpha value is -2.73. The highest BCUT2D eigenvalue weighted by Gasteiger charge is 2.29. The van der Waals surface area contributed by atoms with Crippen LogP contribution in [-0.4, -0.2) is 17.0 Å². The number of rotatable bonds is 2. The molecule has 0 radical (unpaired) electrons. The summed E-state index contributed by atoms with van der Waals surface area (Å²) in [6.45, 7) is 11.9. The Labute approximate surface area is 185 Å². The SMILES string of the molecule is CC(C)(C)c1cc(/C=C2\N=C(c3cc(F)c(F)cc3Cl)OC2=O)cc(C(C)(C)C)c1O. The zero-order chi connectivity index (χ0) is 23.3. The van der Waals surface area contributed by atoms with E-state index < -0.39 is 17.6 Å². The molecule has 0 spiro atoms. The number of aliphatic imine (C=N–C) groups is 1. The van der Waals surface area contributed by atoms with E-state index in [0.29, 0.717) is 5.56 Å². The number of phenols is 1. The van der Waals surface area contributed by atoms with Crippen LogP contribution in [0.1, 0.15) is 63.8 Å². The van der Waals surface area contributed by atoms with E-state index in [0.717, 1.165) is 23.3 Å². The van der Waals surface area contributed by atoms with E-state index in [-0.39, 0.29) is 38.8 Å². The van der Waals surface area contributed by atoms with Crippen molar-refractivity contribution in [3.05, 3.63) is 68.9 Å². The number of ether oxygens (including phenoxy) is 1. The molecule has 1 heterocycles. The Kier molecular flexibility index (Phi) is 5.74. The summed E-state index contributed by atoms with van der Waals surface area (Å²) in [5, 5.41) is 10.7. The predicted molar refractivity (Wildman–Crippen MR) is 117 cm³/mol. The lowest BCUT2D eigenvalue weighted by Crippen LogP contribution is -2.17. The van der Waals surface area contributed by atoms with Gasteiger partial charge in [0.1, 0.15) is 5.75 Å². The number of nitrogens with zero attached hydrogens (tertiary/aromatic N) is 1. The van der Waals surface area contributed by atoms with E-state index in [2.05, 4.69) is 4.99 Å². The van der Waals surface area contributed by atoms with Gasteiger partial charge in [-0.25, -0.2) is 18.6 Å². The minimum atomic E-state index is -1.13. The lowest BCUT2D eigenvalue weighted by molar-refractivity contribution is -0.129. The van der Waals surface area contributed by atoms with Crippen LogP contribution in [0, 0.1) is 11.6 Å². The Morgan fingerprint density at radius 3 is 2.00 bits per heavy atom. The van der Waals surface area contributed by atoms with Gasteiger partial charge in [0.05, 0.1) is 10.6 Å². The molecule has 4 nitrogen and oxygen atoms in total. The Balaban J connectivity index is 2.13. The van der Waals surface area contributed by atoms with Gasteiger partial charge in [-0.05, 0) is 46.7 Å². The van der Waals surface area contributed by atoms with Crippen LogP contribution in [0.5, 0.6) is 5.75 Å². The standard InChI is InChI=1S/C24H24ClF2NO3/c1-23(2,3)14-7-12(8-15(20(14)29)24(4,5)6)9-19-22(30)31-21(28-19)13-10-17(26)18(27)11-16(13)25/h7-11,29H,1-6H3/b19-9-. The van der Waals surface area contributed by atoms with Crippen molar-refractivity contribution in [2.75, 3.05) is 0 Å². The van der Waals surface area contributed by atoms with Crippen molar-refractivity contribution in [2.24, 2.45) is 4.99 Å². The van der Waals surface area contributed by atoms with Crippen LogP contribution in [0.25, 0.3) is 6.08 Å². The van der Waals surface area contributed by atoms with Gasteiger partial charge in [0.25, 0.3) is 0 Å². The molecule has 0 unspecified atom stereocenters. The summed E-state index contributed by atoms with van der Waals surface area (Å²) in [6.07, 6.45) is 1.53. The third kappa shape index (κ3) is 4.64. The molecule has 0 atom stereocenters. The molecule has 31 heavy (non-hydrogen) atoms. The Morgan fingerprint density at radius 1 is 0.968 bits per heavy atom. The highest BCUT2D eigenvalue weighted by molar-refractivity contribution is 6.34. The van der Waals surface area contributed by atoms with E-state index in [1.807, 2.05) is 41.5 Å². The van der Waals surface area contributed by atoms with Crippen LogP contribution >= 0.6 is 11.6 Å². The summed E-state index contributed by atoms with van der Waals surface area (Å²) >= 11 is 5.97. The maximum atomic E-state index is 13.6. The molecule has 0 saturated heterocycles. The Morgan fingerprint density at radius 2 is 1.48 bits per heavy atom. The molecule has 3 rings (SSSR count). The molecule has 1 N–H and O–H groups in total. The van der Waals surface area contributed by atoms with Gasteiger partial charge in [0.15, 0.2) is 17.3 Å². The fourth-order valence-corrected chi connectivity index (χ4v) is 3.48. The molecular formula is C24H24ClF2NO3. The molecule has 1 aliphatic rings. The van der Waals surface area contributed by atoms with Crippen molar-refractivity contribution in [3.8, 4) is 5.75 Å². The van der Waals surface area contributed by atoms with Gasteiger partial charge in [-0.3, -0.25) is 0 Å². The summed E-state index contributed by atoms with van der Waals surface area (Å²) in [7, 11) is 0. The fourth-order valence-electron chi connectivity index (χ4n) is 3.25. The molecule has 164 valence electrons. The summed E-state index contributed by atoms with van der Waals surface area (Å²) in [5.74, 6) is -2.96. The molecule has 0 amide bonds. The van der Waals surface area contributed by atoms with E-state index in [1.54, 1.807) is 12.1 Å².